The number of aryl methyl sites for hydroxylation is 1. The molecule has 3 aromatic rings. The molecule has 0 radical (unpaired) electrons. The van der Waals surface area contributed by atoms with Crippen LogP contribution < -0.4 is 0 Å². The van der Waals surface area contributed by atoms with Gasteiger partial charge in [-0.2, -0.15) is 4.98 Å². The third-order valence-corrected chi connectivity index (χ3v) is 3.98. The van der Waals surface area contributed by atoms with Crippen LogP contribution in [0.25, 0.3) is 11.5 Å². The predicted octanol–water partition coefficient (Wildman–Crippen LogP) is 4.04. The number of phenolic OH excluding ortho intramolecular Hbond substituents is 1. The van der Waals surface area contributed by atoms with Gasteiger partial charge in [0.05, 0.1) is 5.75 Å². The van der Waals surface area contributed by atoms with E-state index in [-0.39, 0.29) is 5.75 Å². The monoisotopic (exact) mass is 298 g/mol. The minimum atomic E-state index is 0.216. The van der Waals surface area contributed by atoms with Crippen LogP contribution in [0.2, 0.25) is 0 Å². The molecule has 1 aromatic heterocycles. The Kier molecular flexibility index (Phi) is 3.92. The maximum absolute atomic E-state index is 9.27. The Hall–Kier alpha value is -2.27. The van der Waals surface area contributed by atoms with Crippen LogP contribution in [-0.4, -0.2) is 15.2 Å². The van der Waals surface area contributed by atoms with Crippen molar-refractivity contribution in [3.63, 3.8) is 0 Å². The number of phenols is 1. The third-order valence-electron chi connectivity index (χ3n) is 2.97. The molecule has 1 heterocycles. The van der Waals surface area contributed by atoms with E-state index in [9.17, 15) is 5.11 Å². The largest absolute Gasteiger partial charge is 0.508 e. The van der Waals surface area contributed by atoms with E-state index >= 15 is 0 Å². The number of nitrogens with zero attached hydrogens (tertiary/aromatic N) is 2. The second-order valence-electron chi connectivity index (χ2n) is 4.66. The second-order valence-corrected chi connectivity index (χ2v) is 5.71. The van der Waals surface area contributed by atoms with Gasteiger partial charge in [-0.1, -0.05) is 22.9 Å². The summed E-state index contributed by atoms with van der Waals surface area (Å²) in [5.41, 5.74) is 2.04. The van der Waals surface area contributed by atoms with E-state index in [0.717, 1.165) is 5.56 Å². The topological polar surface area (TPSA) is 59.2 Å². The van der Waals surface area contributed by atoms with Crippen LogP contribution in [0.1, 0.15) is 11.4 Å². The van der Waals surface area contributed by atoms with Crippen molar-refractivity contribution in [2.45, 2.75) is 17.6 Å². The van der Waals surface area contributed by atoms with Crippen LogP contribution in [0, 0.1) is 6.92 Å². The van der Waals surface area contributed by atoms with E-state index in [1.54, 1.807) is 36.0 Å². The molecule has 0 unspecified atom stereocenters. The molecule has 0 aliphatic rings. The van der Waals surface area contributed by atoms with Crippen molar-refractivity contribution in [1.29, 1.82) is 0 Å². The van der Waals surface area contributed by atoms with E-state index in [2.05, 4.69) is 41.3 Å². The molecular formula is C16H14N2O2S. The number of aromatic nitrogens is 2. The number of aromatic hydroxyl groups is 1. The molecule has 0 spiro atoms. The van der Waals surface area contributed by atoms with Crippen LogP contribution >= 0.6 is 11.8 Å². The third kappa shape index (κ3) is 3.44. The standard InChI is InChI=1S/C16H14N2O2S/c1-11-2-8-14(9-3-11)21-10-15-17-16(20-18-15)12-4-6-13(19)7-5-12/h2-9,19H,10H2,1H3. The van der Waals surface area contributed by atoms with E-state index < -0.39 is 0 Å². The summed E-state index contributed by atoms with van der Waals surface area (Å²) in [5, 5.41) is 13.2. The van der Waals surface area contributed by atoms with Crippen molar-refractivity contribution >= 4 is 11.8 Å². The fourth-order valence-electron chi connectivity index (χ4n) is 1.82. The highest BCUT2D eigenvalue weighted by molar-refractivity contribution is 7.98. The Labute approximate surface area is 126 Å². The predicted molar refractivity (Wildman–Crippen MR) is 82.1 cm³/mol. The smallest absolute Gasteiger partial charge is 0.257 e. The van der Waals surface area contributed by atoms with E-state index in [0.29, 0.717) is 17.5 Å². The van der Waals surface area contributed by atoms with Gasteiger partial charge < -0.3 is 9.63 Å². The molecule has 2 aromatic carbocycles. The van der Waals surface area contributed by atoms with Gasteiger partial charge in [-0.15, -0.1) is 11.8 Å². The van der Waals surface area contributed by atoms with Crippen molar-refractivity contribution in [3.8, 4) is 17.2 Å². The van der Waals surface area contributed by atoms with Crippen molar-refractivity contribution in [1.82, 2.24) is 10.1 Å². The molecule has 0 fully saturated rings. The number of thioether (sulfide) groups is 1. The van der Waals surface area contributed by atoms with E-state index in [4.69, 9.17) is 4.52 Å². The van der Waals surface area contributed by atoms with Gasteiger partial charge in [0.2, 0.25) is 0 Å². The lowest BCUT2D eigenvalue weighted by atomic mass is 10.2. The second kappa shape index (κ2) is 6.01. The number of hydrogen-bond donors (Lipinski definition) is 1. The summed E-state index contributed by atoms with van der Waals surface area (Å²) in [4.78, 5) is 5.54. The van der Waals surface area contributed by atoms with Crippen molar-refractivity contribution in [3.05, 3.63) is 59.9 Å². The highest BCUT2D eigenvalue weighted by atomic mass is 32.2. The van der Waals surface area contributed by atoms with Crippen LogP contribution in [0.5, 0.6) is 5.75 Å². The molecule has 4 nitrogen and oxygen atoms in total. The average molecular weight is 298 g/mol. The Balaban J connectivity index is 1.67. The van der Waals surface area contributed by atoms with Gasteiger partial charge in [0.1, 0.15) is 5.75 Å². The Morgan fingerprint density at radius 3 is 2.48 bits per heavy atom. The van der Waals surface area contributed by atoms with Crippen LogP contribution in [0.3, 0.4) is 0 Å². The lowest BCUT2D eigenvalue weighted by Crippen LogP contribution is -1.84. The summed E-state index contributed by atoms with van der Waals surface area (Å²) in [6.07, 6.45) is 0. The van der Waals surface area contributed by atoms with Crippen LogP contribution in [0.4, 0.5) is 0 Å². The summed E-state index contributed by atoms with van der Waals surface area (Å²) >= 11 is 1.67. The molecule has 21 heavy (non-hydrogen) atoms. The molecule has 106 valence electrons. The normalized spacial score (nSPS) is 10.7. The van der Waals surface area contributed by atoms with Gasteiger partial charge >= 0.3 is 0 Å². The van der Waals surface area contributed by atoms with Crippen LogP contribution in [-0.2, 0) is 5.75 Å². The Bertz CT molecular complexity index is 721. The van der Waals surface area contributed by atoms with Crippen molar-refractivity contribution in [2.24, 2.45) is 0 Å². The summed E-state index contributed by atoms with van der Waals surface area (Å²) in [6.45, 7) is 2.07. The van der Waals surface area contributed by atoms with E-state index in [1.807, 2.05) is 0 Å². The number of hydrogen-bond acceptors (Lipinski definition) is 5. The Morgan fingerprint density at radius 2 is 1.76 bits per heavy atom. The molecule has 0 bridgehead atoms. The summed E-state index contributed by atoms with van der Waals surface area (Å²) in [6, 6.07) is 15.0. The van der Waals surface area contributed by atoms with E-state index in [1.165, 1.54) is 10.5 Å². The SMILES string of the molecule is Cc1ccc(SCc2noc(-c3ccc(O)cc3)n2)cc1. The highest BCUT2D eigenvalue weighted by Gasteiger charge is 2.09. The summed E-state index contributed by atoms with van der Waals surface area (Å²) < 4.78 is 5.24. The van der Waals surface area contributed by atoms with Gasteiger partial charge in [0.25, 0.3) is 5.89 Å². The van der Waals surface area contributed by atoms with Gasteiger partial charge in [0.15, 0.2) is 5.82 Å². The molecule has 0 saturated carbocycles. The molecule has 0 saturated heterocycles. The highest BCUT2D eigenvalue weighted by Crippen LogP contribution is 2.24. The molecule has 0 amide bonds. The lowest BCUT2D eigenvalue weighted by molar-refractivity contribution is 0.425. The summed E-state index contributed by atoms with van der Waals surface area (Å²) in [5.74, 6) is 2.00. The fourth-order valence-corrected chi connectivity index (χ4v) is 2.56. The van der Waals surface area contributed by atoms with Crippen LogP contribution in [0.15, 0.2) is 57.9 Å². The first-order valence-electron chi connectivity index (χ1n) is 6.52. The molecule has 0 aliphatic heterocycles. The lowest BCUT2D eigenvalue weighted by Gasteiger charge is -1.98. The Morgan fingerprint density at radius 1 is 1.05 bits per heavy atom. The molecule has 1 N–H and O–H groups in total. The first-order chi connectivity index (χ1) is 10.2. The zero-order chi connectivity index (χ0) is 14.7. The molecule has 0 aliphatic carbocycles. The zero-order valence-electron chi connectivity index (χ0n) is 11.5. The first-order valence-corrected chi connectivity index (χ1v) is 7.51. The van der Waals surface area contributed by atoms with Gasteiger partial charge in [-0.25, -0.2) is 0 Å². The minimum Gasteiger partial charge on any atom is -0.508 e. The van der Waals surface area contributed by atoms with Crippen molar-refractivity contribution < 1.29 is 9.63 Å². The molecule has 5 heteroatoms. The summed E-state index contributed by atoms with van der Waals surface area (Å²) in [7, 11) is 0. The maximum Gasteiger partial charge on any atom is 0.257 e. The fraction of sp³-hybridized carbons (Fsp3) is 0.125. The number of rotatable bonds is 4. The molecular weight excluding hydrogens is 284 g/mol. The zero-order valence-corrected chi connectivity index (χ0v) is 12.3. The van der Waals surface area contributed by atoms with Gasteiger partial charge in [0, 0.05) is 10.5 Å². The first kappa shape index (κ1) is 13.7. The minimum absolute atomic E-state index is 0.216. The van der Waals surface area contributed by atoms with Gasteiger partial charge in [-0.05, 0) is 43.3 Å². The van der Waals surface area contributed by atoms with Gasteiger partial charge in [-0.3, -0.25) is 0 Å². The quantitative estimate of drug-likeness (QED) is 0.736. The molecule has 3 rings (SSSR count). The maximum atomic E-state index is 9.27. The average Bonchev–Trinajstić information content (AvgIpc) is 2.96. The molecule has 0 atom stereocenters. The number of benzene rings is 2. The van der Waals surface area contributed by atoms with Crippen molar-refractivity contribution in [2.75, 3.05) is 0 Å².